The van der Waals surface area contributed by atoms with Crippen molar-refractivity contribution in [1.82, 2.24) is 9.97 Å². The van der Waals surface area contributed by atoms with E-state index in [4.69, 9.17) is 10.7 Å². The van der Waals surface area contributed by atoms with Crippen molar-refractivity contribution in [3.05, 3.63) is 48.7 Å². The van der Waals surface area contributed by atoms with Gasteiger partial charge in [-0.05, 0) is 36.8 Å². The van der Waals surface area contributed by atoms with Gasteiger partial charge in [-0.2, -0.15) is 0 Å². The number of nitrogens with zero attached hydrogens (tertiary/aromatic N) is 3. The minimum absolute atomic E-state index is 0.174. The Kier molecular flexibility index (Phi) is 4.13. The molecule has 2 aromatic heterocycles. The van der Waals surface area contributed by atoms with E-state index < -0.39 is 9.84 Å². The van der Waals surface area contributed by atoms with Gasteiger partial charge in [-0.25, -0.2) is 13.4 Å². The summed E-state index contributed by atoms with van der Waals surface area (Å²) in [5.74, 6) is 0. The van der Waals surface area contributed by atoms with Crippen molar-refractivity contribution < 1.29 is 8.42 Å². The van der Waals surface area contributed by atoms with E-state index >= 15 is 0 Å². The molecule has 0 saturated carbocycles. The van der Waals surface area contributed by atoms with Gasteiger partial charge in [0.25, 0.3) is 0 Å². The van der Waals surface area contributed by atoms with Crippen LogP contribution in [0.2, 0.25) is 0 Å². The predicted octanol–water partition coefficient (Wildman–Crippen LogP) is 2.24. The van der Waals surface area contributed by atoms with Crippen LogP contribution in [0.25, 0.3) is 22.3 Å². The van der Waals surface area contributed by atoms with Gasteiger partial charge in [-0.15, -0.1) is 0 Å². The number of hydrogen-bond donors (Lipinski definition) is 1. The summed E-state index contributed by atoms with van der Waals surface area (Å²) in [6.45, 7) is 1.70. The van der Waals surface area contributed by atoms with Crippen molar-refractivity contribution in [2.75, 3.05) is 24.2 Å². The summed E-state index contributed by atoms with van der Waals surface area (Å²) in [6.07, 6.45) is 3.95. The van der Waals surface area contributed by atoms with Gasteiger partial charge in [0.1, 0.15) is 5.52 Å². The third kappa shape index (κ3) is 3.15. The van der Waals surface area contributed by atoms with Crippen molar-refractivity contribution in [1.29, 1.82) is 0 Å². The maximum Gasteiger partial charge on any atom is 0.175 e. The molecule has 6 nitrogen and oxygen atoms in total. The summed E-state index contributed by atoms with van der Waals surface area (Å²) < 4.78 is 23.7. The number of sulfone groups is 1. The van der Waals surface area contributed by atoms with Crippen LogP contribution in [0.1, 0.15) is 6.42 Å². The molecule has 3 aromatic rings. The number of hydrogen-bond acceptors (Lipinski definition) is 6. The zero-order valence-electron chi connectivity index (χ0n) is 14.5. The van der Waals surface area contributed by atoms with Crippen molar-refractivity contribution in [2.24, 2.45) is 5.73 Å². The Morgan fingerprint density at radius 3 is 2.77 bits per heavy atom. The average Bonchev–Trinajstić information content (AvgIpc) is 3.06. The summed E-state index contributed by atoms with van der Waals surface area (Å²) in [7, 11) is -3.27. The zero-order valence-corrected chi connectivity index (χ0v) is 15.3. The number of benzene rings is 1. The van der Waals surface area contributed by atoms with E-state index in [0.29, 0.717) is 0 Å². The SMILES string of the molecule is CS(=O)(=O)c1cccc(-c2ccc3nccc(N4CC[C@@H](N)C4)c3n2)c1. The van der Waals surface area contributed by atoms with Gasteiger partial charge in [-0.1, -0.05) is 12.1 Å². The van der Waals surface area contributed by atoms with Gasteiger partial charge in [-0.3, -0.25) is 4.98 Å². The molecule has 4 rings (SSSR count). The maximum absolute atomic E-state index is 11.8. The zero-order chi connectivity index (χ0) is 18.3. The van der Waals surface area contributed by atoms with E-state index in [1.54, 1.807) is 24.4 Å². The summed E-state index contributed by atoms with van der Waals surface area (Å²) in [6, 6.07) is 12.8. The first-order valence-electron chi connectivity index (χ1n) is 8.48. The molecule has 0 unspecified atom stereocenters. The largest absolute Gasteiger partial charge is 0.368 e. The van der Waals surface area contributed by atoms with Crippen LogP contribution in [0.3, 0.4) is 0 Å². The van der Waals surface area contributed by atoms with Gasteiger partial charge in [0, 0.05) is 37.1 Å². The normalized spacial score (nSPS) is 17.8. The maximum atomic E-state index is 11.8. The molecular weight excluding hydrogens is 348 g/mol. The Morgan fingerprint density at radius 1 is 1.19 bits per heavy atom. The topological polar surface area (TPSA) is 89.2 Å². The highest BCUT2D eigenvalue weighted by atomic mass is 32.2. The number of fused-ring (bicyclic) bond motifs is 1. The van der Waals surface area contributed by atoms with Crippen LogP contribution in [0.15, 0.2) is 53.6 Å². The molecule has 2 N–H and O–H groups in total. The summed E-state index contributed by atoms with van der Waals surface area (Å²) in [5, 5.41) is 0. The second-order valence-electron chi connectivity index (χ2n) is 6.69. The summed E-state index contributed by atoms with van der Waals surface area (Å²) in [5.41, 5.74) is 10.2. The highest BCUT2D eigenvalue weighted by molar-refractivity contribution is 7.90. The first-order valence-corrected chi connectivity index (χ1v) is 10.4. The molecule has 0 radical (unpaired) electrons. The van der Waals surface area contributed by atoms with Crippen LogP contribution in [0, 0.1) is 0 Å². The standard InChI is InChI=1S/C19H20N4O2S/c1-26(24,25)15-4-2-3-13(11-15)16-5-6-17-19(22-16)18(7-9-21-17)23-10-8-14(20)12-23/h2-7,9,11,14H,8,10,12,20H2,1H3/t14-/m1/s1. The Balaban J connectivity index is 1.83. The van der Waals surface area contributed by atoms with Crippen LogP contribution >= 0.6 is 0 Å². The van der Waals surface area contributed by atoms with Crippen molar-refractivity contribution >= 4 is 26.6 Å². The average molecular weight is 368 g/mol. The third-order valence-electron chi connectivity index (χ3n) is 4.69. The molecule has 0 spiro atoms. The van der Waals surface area contributed by atoms with E-state index in [9.17, 15) is 8.42 Å². The highest BCUT2D eigenvalue weighted by Crippen LogP contribution is 2.29. The highest BCUT2D eigenvalue weighted by Gasteiger charge is 2.21. The van der Waals surface area contributed by atoms with Gasteiger partial charge in [0.05, 0.1) is 21.8 Å². The van der Waals surface area contributed by atoms with Crippen molar-refractivity contribution in [3.63, 3.8) is 0 Å². The van der Waals surface area contributed by atoms with Gasteiger partial charge < -0.3 is 10.6 Å². The number of nitrogens with two attached hydrogens (primary N) is 1. The molecule has 26 heavy (non-hydrogen) atoms. The molecule has 1 aliphatic rings. The summed E-state index contributed by atoms with van der Waals surface area (Å²) >= 11 is 0. The van der Waals surface area contributed by atoms with E-state index in [1.807, 2.05) is 24.3 Å². The fourth-order valence-corrected chi connectivity index (χ4v) is 3.99. The molecule has 1 aliphatic heterocycles. The Bertz CT molecular complexity index is 1080. The minimum atomic E-state index is -3.27. The van der Waals surface area contributed by atoms with Crippen LogP contribution in [0.5, 0.6) is 0 Å². The number of anilines is 1. The van der Waals surface area contributed by atoms with Crippen molar-refractivity contribution in [3.8, 4) is 11.3 Å². The molecule has 3 heterocycles. The molecule has 1 fully saturated rings. The molecule has 7 heteroatoms. The molecule has 134 valence electrons. The fraction of sp³-hybridized carbons (Fsp3) is 0.263. The minimum Gasteiger partial charge on any atom is -0.368 e. The molecule has 0 aliphatic carbocycles. The fourth-order valence-electron chi connectivity index (χ4n) is 3.32. The number of aromatic nitrogens is 2. The Labute approximate surface area is 152 Å². The molecule has 1 atom stereocenters. The van der Waals surface area contributed by atoms with E-state index in [0.717, 1.165) is 47.5 Å². The van der Waals surface area contributed by atoms with E-state index in [1.165, 1.54) is 6.26 Å². The first-order chi connectivity index (χ1) is 12.4. The quantitative estimate of drug-likeness (QED) is 0.763. The van der Waals surface area contributed by atoms with Gasteiger partial charge in [0.2, 0.25) is 0 Å². The lowest BCUT2D eigenvalue weighted by atomic mass is 10.1. The van der Waals surface area contributed by atoms with Crippen LogP contribution in [-0.2, 0) is 9.84 Å². The smallest absolute Gasteiger partial charge is 0.175 e. The molecule has 1 aromatic carbocycles. The number of rotatable bonds is 3. The Morgan fingerprint density at radius 2 is 2.04 bits per heavy atom. The van der Waals surface area contributed by atoms with Crippen molar-refractivity contribution in [2.45, 2.75) is 17.4 Å². The lowest BCUT2D eigenvalue weighted by Gasteiger charge is -2.19. The second kappa shape index (κ2) is 6.34. The molecular formula is C19H20N4O2S. The van der Waals surface area contributed by atoms with Crippen LogP contribution in [0.4, 0.5) is 5.69 Å². The monoisotopic (exact) mass is 368 g/mol. The van der Waals surface area contributed by atoms with E-state index in [2.05, 4.69) is 9.88 Å². The van der Waals surface area contributed by atoms with Gasteiger partial charge in [0.15, 0.2) is 9.84 Å². The van der Waals surface area contributed by atoms with Crippen LogP contribution in [-0.4, -0.2) is 43.8 Å². The Hall–Kier alpha value is -2.51. The van der Waals surface area contributed by atoms with Gasteiger partial charge >= 0.3 is 0 Å². The lowest BCUT2D eigenvalue weighted by molar-refractivity contribution is 0.602. The van der Waals surface area contributed by atoms with Crippen LogP contribution < -0.4 is 10.6 Å². The molecule has 0 bridgehead atoms. The predicted molar refractivity (Wildman–Crippen MR) is 103 cm³/mol. The summed E-state index contributed by atoms with van der Waals surface area (Å²) in [4.78, 5) is 11.7. The van der Waals surface area contributed by atoms with E-state index in [-0.39, 0.29) is 10.9 Å². The molecule has 1 saturated heterocycles. The first kappa shape index (κ1) is 16.9. The second-order valence-corrected chi connectivity index (χ2v) is 8.70. The number of pyridine rings is 2. The lowest BCUT2D eigenvalue weighted by Crippen LogP contribution is -2.26. The molecule has 0 amide bonds. The third-order valence-corrected chi connectivity index (χ3v) is 5.80.